The molecule has 0 heterocycles. The zero-order valence-electron chi connectivity index (χ0n) is 17.0. The van der Waals surface area contributed by atoms with Crippen molar-refractivity contribution < 1.29 is 35.1 Å². The number of aliphatic hydroxyl groups is 1. The van der Waals surface area contributed by atoms with Crippen LogP contribution in [0.15, 0.2) is 36.4 Å². The second-order valence-electron chi connectivity index (χ2n) is 7.69. The van der Waals surface area contributed by atoms with Crippen molar-refractivity contribution in [2.45, 2.75) is 30.8 Å². The molecule has 2 aromatic carbocycles. The van der Waals surface area contributed by atoms with E-state index in [1.807, 2.05) is 0 Å². The van der Waals surface area contributed by atoms with E-state index < -0.39 is 41.3 Å². The normalized spacial score (nSPS) is 20.8. The number of hydrogen-bond donors (Lipinski definition) is 7. The van der Waals surface area contributed by atoms with Gasteiger partial charge in [0.15, 0.2) is 23.0 Å². The van der Waals surface area contributed by atoms with Gasteiger partial charge in [-0.2, -0.15) is 0 Å². The highest BCUT2D eigenvalue weighted by molar-refractivity contribution is 5.91. The number of carbonyl (C=O) groups excluding carboxylic acids is 2. The molecule has 168 valence electrons. The molecule has 0 radical (unpaired) electrons. The topological polar surface area (TPSA) is 187 Å². The van der Waals surface area contributed by atoms with Crippen LogP contribution >= 0.6 is 0 Å². The number of rotatable bonds is 6. The van der Waals surface area contributed by atoms with E-state index in [1.54, 1.807) is 0 Å². The molecule has 3 atom stereocenters. The average molecular weight is 440 g/mol. The first-order valence-corrected chi connectivity index (χ1v) is 9.83. The van der Waals surface area contributed by atoms with Gasteiger partial charge in [-0.25, -0.2) is 0 Å². The summed E-state index contributed by atoms with van der Waals surface area (Å²) in [5.74, 6) is -4.01. The Kier molecular flexibility index (Phi) is 6.40. The summed E-state index contributed by atoms with van der Waals surface area (Å²) < 4.78 is 0. The number of aliphatic hydroxyl groups excluding tert-OH is 1. The second kappa shape index (κ2) is 9.03. The van der Waals surface area contributed by atoms with Crippen molar-refractivity contribution in [3.05, 3.63) is 58.7 Å². The largest absolute Gasteiger partial charge is 0.504 e. The van der Waals surface area contributed by atoms with Crippen molar-refractivity contribution in [1.82, 2.24) is 0 Å². The number of benzene rings is 2. The summed E-state index contributed by atoms with van der Waals surface area (Å²) in [5.41, 5.74) is 12.1. The van der Waals surface area contributed by atoms with Crippen LogP contribution < -0.4 is 11.5 Å². The molecule has 2 amide bonds. The Balaban J connectivity index is 2.18. The van der Waals surface area contributed by atoms with Crippen LogP contribution in [0.5, 0.6) is 23.0 Å². The van der Waals surface area contributed by atoms with Gasteiger partial charge in [0, 0.05) is 18.1 Å². The highest BCUT2D eigenvalue weighted by atomic mass is 16.3. The number of carbonyl (C=O) groups is 2. The first kappa shape index (κ1) is 22.7. The van der Waals surface area contributed by atoms with Crippen molar-refractivity contribution in [3.63, 3.8) is 0 Å². The summed E-state index contributed by atoms with van der Waals surface area (Å²) in [7, 11) is 0. The molecule has 1 fully saturated rings. The molecule has 0 bridgehead atoms. The third-order valence-electron chi connectivity index (χ3n) is 5.59. The predicted octanol–water partition coefficient (Wildman–Crippen LogP) is 1.53. The molecule has 9 heteroatoms. The summed E-state index contributed by atoms with van der Waals surface area (Å²) in [6, 6.07) is 5.20. The van der Waals surface area contributed by atoms with Gasteiger partial charge >= 0.3 is 0 Å². The van der Waals surface area contributed by atoms with E-state index in [2.05, 4.69) is 0 Å². The maximum atomic E-state index is 11.2. The lowest BCUT2D eigenvalue weighted by Crippen LogP contribution is -2.18. The summed E-state index contributed by atoms with van der Waals surface area (Å²) >= 11 is 0. The van der Waals surface area contributed by atoms with Gasteiger partial charge in [-0.1, -0.05) is 0 Å². The smallest absolute Gasteiger partial charge is 0.241 e. The number of aromatic hydroxyl groups is 4. The van der Waals surface area contributed by atoms with Crippen molar-refractivity contribution in [2.24, 2.45) is 11.5 Å². The van der Waals surface area contributed by atoms with Crippen LogP contribution in [0.1, 0.15) is 46.9 Å². The molecule has 1 aliphatic carbocycles. The molecule has 1 saturated carbocycles. The lowest BCUT2D eigenvalue weighted by molar-refractivity contribution is -0.114. The summed E-state index contributed by atoms with van der Waals surface area (Å²) in [6.07, 6.45) is 5.00. The summed E-state index contributed by atoms with van der Waals surface area (Å²) in [4.78, 5) is 22.4. The molecule has 9 nitrogen and oxygen atoms in total. The highest BCUT2D eigenvalue weighted by Crippen LogP contribution is 2.51. The monoisotopic (exact) mass is 440 g/mol. The molecule has 0 aliphatic heterocycles. The van der Waals surface area contributed by atoms with Gasteiger partial charge in [0.05, 0.1) is 6.10 Å². The number of nitrogens with two attached hydrogens (primary N) is 2. The Labute approximate surface area is 183 Å². The standard InChI is InChI=1S/C23H24N2O7/c24-21(31)5-1-11-7-17(27)19(29)9-14(11)13-3-4-16(26)23(13)15-10-20(30)18(28)8-12(15)2-6-22(25)32/h1-2,5-10,13,16,23,26-30H,3-4H2,(H2,24,31)(H2,25,32)/b5-1+,6-2+/t13-,16-,23-/m0/s1. The van der Waals surface area contributed by atoms with Gasteiger partial charge in [-0.3, -0.25) is 9.59 Å². The number of phenols is 4. The average Bonchev–Trinajstić information content (AvgIpc) is 3.10. The predicted molar refractivity (Wildman–Crippen MR) is 117 cm³/mol. The van der Waals surface area contributed by atoms with Crippen LogP contribution in [-0.2, 0) is 9.59 Å². The Morgan fingerprint density at radius 3 is 1.69 bits per heavy atom. The van der Waals surface area contributed by atoms with Crippen LogP contribution in [0.2, 0.25) is 0 Å². The van der Waals surface area contributed by atoms with Gasteiger partial charge in [-0.15, -0.1) is 0 Å². The molecular weight excluding hydrogens is 416 g/mol. The van der Waals surface area contributed by atoms with E-state index in [0.717, 1.165) is 12.2 Å². The van der Waals surface area contributed by atoms with E-state index in [-0.39, 0.29) is 11.5 Å². The SMILES string of the molecule is NC(=O)/C=C/c1cc(O)c(O)cc1[C@H]1[C@@H](O)CC[C@H]1c1cc(O)c(O)cc1/C=C/C(N)=O. The van der Waals surface area contributed by atoms with Crippen molar-refractivity contribution in [1.29, 1.82) is 0 Å². The molecular formula is C23H24N2O7. The molecule has 0 unspecified atom stereocenters. The van der Waals surface area contributed by atoms with Gasteiger partial charge in [0.2, 0.25) is 11.8 Å². The minimum absolute atomic E-state index is 0.368. The third kappa shape index (κ3) is 4.68. The van der Waals surface area contributed by atoms with Crippen molar-refractivity contribution in [2.75, 3.05) is 0 Å². The van der Waals surface area contributed by atoms with Gasteiger partial charge in [0.1, 0.15) is 0 Å². The first-order chi connectivity index (χ1) is 15.1. The molecule has 2 aromatic rings. The van der Waals surface area contributed by atoms with Gasteiger partial charge in [0.25, 0.3) is 0 Å². The van der Waals surface area contributed by atoms with Crippen LogP contribution in [0.4, 0.5) is 0 Å². The van der Waals surface area contributed by atoms with E-state index in [0.29, 0.717) is 35.1 Å². The van der Waals surface area contributed by atoms with Crippen molar-refractivity contribution >= 4 is 24.0 Å². The lowest BCUT2D eigenvalue weighted by atomic mass is 9.79. The van der Waals surface area contributed by atoms with Crippen LogP contribution in [0, 0.1) is 0 Å². The molecule has 0 aromatic heterocycles. The number of phenolic OH excluding ortho intramolecular Hbond substituents is 4. The van der Waals surface area contributed by atoms with Gasteiger partial charge < -0.3 is 37.0 Å². The van der Waals surface area contributed by atoms with Crippen LogP contribution in [0.3, 0.4) is 0 Å². The second-order valence-corrected chi connectivity index (χ2v) is 7.69. The fourth-order valence-electron chi connectivity index (χ4n) is 4.21. The van der Waals surface area contributed by atoms with Crippen LogP contribution in [-0.4, -0.2) is 43.5 Å². The molecule has 32 heavy (non-hydrogen) atoms. The maximum Gasteiger partial charge on any atom is 0.241 e. The Morgan fingerprint density at radius 2 is 1.19 bits per heavy atom. The maximum absolute atomic E-state index is 11.2. The van der Waals surface area contributed by atoms with Gasteiger partial charge in [-0.05, 0) is 77.4 Å². The van der Waals surface area contributed by atoms with E-state index in [9.17, 15) is 35.1 Å². The molecule has 0 spiro atoms. The minimum atomic E-state index is -0.853. The quantitative estimate of drug-likeness (QED) is 0.262. The molecule has 9 N–H and O–H groups in total. The van der Waals surface area contributed by atoms with E-state index in [4.69, 9.17) is 11.5 Å². The van der Waals surface area contributed by atoms with E-state index in [1.165, 1.54) is 36.4 Å². The summed E-state index contributed by atoms with van der Waals surface area (Å²) in [6.45, 7) is 0. The fourth-order valence-corrected chi connectivity index (χ4v) is 4.21. The summed E-state index contributed by atoms with van der Waals surface area (Å²) in [5, 5.41) is 50.9. The molecule has 3 rings (SSSR count). The third-order valence-corrected chi connectivity index (χ3v) is 5.59. The molecule has 1 aliphatic rings. The minimum Gasteiger partial charge on any atom is -0.504 e. The number of primary amides is 2. The Morgan fingerprint density at radius 1 is 0.750 bits per heavy atom. The van der Waals surface area contributed by atoms with E-state index >= 15 is 0 Å². The number of hydrogen-bond acceptors (Lipinski definition) is 7. The first-order valence-electron chi connectivity index (χ1n) is 9.83. The van der Waals surface area contributed by atoms with Crippen LogP contribution in [0.25, 0.3) is 12.2 Å². The Hall–Kier alpha value is -3.98. The fraction of sp³-hybridized carbons (Fsp3) is 0.217. The molecule has 0 saturated heterocycles. The highest BCUT2D eigenvalue weighted by Gasteiger charge is 2.39. The van der Waals surface area contributed by atoms with Crippen molar-refractivity contribution in [3.8, 4) is 23.0 Å². The lowest BCUT2D eigenvalue weighted by Gasteiger charge is -2.26. The zero-order chi connectivity index (χ0) is 23.6. The number of amides is 2. The Bertz CT molecular complexity index is 1120. The zero-order valence-corrected chi connectivity index (χ0v) is 17.0.